The van der Waals surface area contributed by atoms with E-state index in [4.69, 9.17) is 11.6 Å². The Morgan fingerprint density at radius 2 is 2.15 bits per heavy atom. The number of hydrogen-bond acceptors (Lipinski definition) is 2. The van der Waals surface area contributed by atoms with E-state index < -0.39 is 6.10 Å². The van der Waals surface area contributed by atoms with Crippen molar-refractivity contribution in [1.82, 2.24) is 0 Å². The number of rotatable bonds is 4. The predicted octanol–water partition coefficient (Wildman–Crippen LogP) is 3.13. The third kappa shape index (κ3) is 3.22. The van der Waals surface area contributed by atoms with Gasteiger partial charge in [-0.1, -0.05) is 29.8 Å². The summed E-state index contributed by atoms with van der Waals surface area (Å²) < 4.78 is 0. The Bertz CT molecular complexity index is 265. The highest BCUT2D eigenvalue weighted by Gasteiger charge is 2.09. The second-order valence-electron chi connectivity index (χ2n) is 2.82. The van der Waals surface area contributed by atoms with E-state index in [0.717, 1.165) is 17.7 Å². The fourth-order valence-corrected chi connectivity index (χ4v) is 1.85. The standard InChI is InChI=1S/C10H13ClOS/c1-13-7-6-10(12)8-4-2-3-5-9(8)11/h2-5,10,12H,6-7H2,1H3/t10-/m0/s1. The molecule has 1 aromatic carbocycles. The molecule has 0 saturated carbocycles. The van der Waals surface area contributed by atoms with E-state index in [0.29, 0.717) is 5.02 Å². The minimum Gasteiger partial charge on any atom is -0.388 e. The number of thioether (sulfide) groups is 1. The van der Waals surface area contributed by atoms with Crippen LogP contribution in [0, 0.1) is 0 Å². The number of halogens is 1. The van der Waals surface area contributed by atoms with Crippen molar-refractivity contribution in [2.24, 2.45) is 0 Å². The molecule has 0 amide bonds. The van der Waals surface area contributed by atoms with E-state index >= 15 is 0 Å². The Morgan fingerprint density at radius 3 is 2.77 bits per heavy atom. The van der Waals surface area contributed by atoms with E-state index in [2.05, 4.69) is 0 Å². The van der Waals surface area contributed by atoms with Gasteiger partial charge in [-0.3, -0.25) is 0 Å². The molecule has 0 spiro atoms. The van der Waals surface area contributed by atoms with E-state index in [1.807, 2.05) is 24.5 Å². The number of aliphatic hydroxyl groups excluding tert-OH is 1. The second-order valence-corrected chi connectivity index (χ2v) is 4.21. The van der Waals surface area contributed by atoms with Crippen molar-refractivity contribution in [1.29, 1.82) is 0 Å². The molecule has 1 N–H and O–H groups in total. The van der Waals surface area contributed by atoms with Gasteiger partial charge < -0.3 is 5.11 Å². The van der Waals surface area contributed by atoms with Gasteiger partial charge in [0.15, 0.2) is 0 Å². The Kier molecular flexibility index (Phi) is 4.64. The minimum atomic E-state index is -0.429. The number of aliphatic hydroxyl groups is 1. The van der Waals surface area contributed by atoms with E-state index in [1.165, 1.54) is 0 Å². The van der Waals surface area contributed by atoms with Gasteiger partial charge >= 0.3 is 0 Å². The summed E-state index contributed by atoms with van der Waals surface area (Å²) in [7, 11) is 0. The largest absolute Gasteiger partial charge is 0.388 e. The van der Waals surface area contributed by atoms with E-state index in [1.54, 1.807) is 17.8 Å². The van der Waals surface area contributed by atoms with Crippen LogP contribution in [0.25, 0.3) is 0 Å². The molecule has 0 aliphatic rings. The first kappa shape index (κ1) is 10.9. The zero-order valence-corrected chi connectivity index (χ0v) is 9.11. The molecule has 1 rings (SSSR count). The Labute approximate surface area is 88.1 Å². The van der Waals surface area contributed by atoms with Crippen molar-refractivity contribution in [3.63, 3.8) is 0 Å². The summed E-state index contributed by atoms with van der Waals surface area (Å²) in [6.07, 6.45) is 2.35. The van der Waals surface area contributed by atoms with Crippen molar-refractivity contribution >= 4 is 23.4 Å². The predicted molar refractivity (Wildman–Crippen MR) is 59.4 cm³/mol. The molecule has 1 nitrogen and oxygen atoms in total. The van der Waals surface area contributed by atoms with Crippen LogP contribution in [-0.2, 0) is 0 Å². The van der Waals surface area contributed by atoms with Crippen molar-refractivity contribution in [3.8, 4) is 0 Å². The Hall–Kier alpha value is -0.180. The quantitative estimate of drug-likeness (QED) is 0.835. The van der Waals surface area contributed by atoms with Gasteiger partial charge in [-0.2, -0.15) is 11.8 Å². The van der Waals surface area contributed by atoms with E-state index in [9.17, 15) is 5.11 Å². The lowest BCUT2D eigenvalue weighted by Crippen LogP contribution is -1.99. The lowest BCUT2D eigenvalue weighted by Gasteiger charge is -2.11. The van der Waals surface area contributed by atoms with Crippen LogP contribution in [0.15, 0.2) is 24.3 Å². The molecule has 72 valence electrons. The molecule has 0 fully saturated rings. The van der Waals surface area contributed by atoms with Crippen molar-refractivity contribution in [2.45, 2.75) is 12.5 Å². The highest BCUT2D eigenvalue weighted by Crippen LogP contribution is 2.25. The first-order valence-corrected chi connectivity index (χ1v) is 5.94. The molecule has 3 heteroatoms. The van der Waals surface area contributed by atoms with Crippen molar-refractivity contribution < 1.29 is 5.11 Å². The third-order valence-electron chi connectivity index (χ3n) is 1.86. The lowest BCUT2D eigenvalue weighted by molar-refractivity contribution is 0.175. The summed E-state index contributed by atoms with van der Waals surface area (Å²) in [5, 5.41) is 10.4. The topological polar surface area (TPSA) is 20.2 Å². The summed E-state index contributed by atoms with van der Waals surface area (Å²) in [6, 6.07) is 7.43. The van der Waals surface area contributed by atoms with Crippen LogP contribution in [0.5, 0.6) is 0 Å². The van der Waals surface area contributed by atoms with Crippen LogP contribution >= 0.6 is 23.4 Å². The second kappa shape index (κ2) is 5.53. The van der Waals surface area contributed by atoms with Crippen molar-refractivity contribution in [2.75, 3.05) is 12.0 Å². The maximum absolute atomic E-state index is 9.73. The molecule has 13 heavy (non-hydrogen) atoms. The first-order chi connectivity index (χ1) is 6.25. The highest BCUT2D eigenvalue weighted by atomic mass is 35.5. The van der Waals surface area contributed by atoms with Crippen LogP contribution in [0.3, 0.4) is 0 Å². The van der Waals surface area contributed by atoms with Crippen LogP contribution in [-0.4, -0.2) is 17.1 Å². The molecular weight excluding hydrogens is 204 g/mol. The van der Waals surface area contributed by atoms with Gasteiger partial charge in [0.05, 0.1) is 6.10 Å². The first-order valence-electron chi connectivity index (χ1n) is 4.17. The summed E-state index contributed by atoms with van der Waals surface area (Å²) in [5.41, 5.74) is 0.832. The molecule has 0 aliphatic heterocycles. The van der Waals surface area contributed by atoms with Gasteiger partial charge in [0.2, 0.25) is 0 Å². The Balaban J connectivity index is 2.65. The van der Waals surface area contributed by atoms with Gasteiger partial charge in [-0.15, -0.1) is 0 Å². The van der Waals surface area contributed by atoms with Gasteiger partial charge in [-0.05, 0) is 30.1 Å². The lowest BCUT2D eigenvalue weighted by atomic mass is 10.1. The van der Waals surface area contributed by atoms with Crippen LogP contribution in [0.1, 0.15) is 18.1 Å². The average molecular weight is 217 g/mol. The van der Waals surface area contributed by atoms with Gasteiger partial charge in [0.1, 0.15) is 0 Å². The molecule has 0 radical (unpaired) electrons. The summed E-state index contributed by atoms with van der Waals surface area (Å²) in [6.45, 7) is 0. The smallest absolute Gasteiger partial charge is 0.0812 e. The normalized spacial score (nSPS) is 12.8. The molecule has 1 aromatic rings. The average Bonchev–Trinajstić information content (AvgIpc) is 2.15. The van der Waals surface area contributed by atoms with Crippen LogP contribution in [0.4, 0.5) is 0 Å². The Morgan fingerprint density at radius 1 is 1.46 bits per heavy atom. The molecule has 0 bridgehead atoms. The SMILES string of the molecule is CSCC[C@H](O)c1ccccc1Cl. The van der Waals surface area contributed by atoms with Gasteiger partial charge in [-0.25, -0.2) is 0 Å². The highest BCUT2D eigenvalue weighted by molar-refractivity contribution is 7.98. The minimum absolute atomic E-state index is 0.429. The van der Waals surface area contributed by atoms with Gasteiger partial charge in [0, 0.05) is 5.02 Å². The fraction of sp³-hybridized carbons (Fsp3) is 0.400. The molecular formula is C10H13ClOS. The maximum atomic E-state index is 9.73. The fourth-order valence-electron chi connectivity index (χ4n) is 1.13. The van der Waals surface area contributed by atoms with Crippen molar-refractivity contribution in [3.05, 3.63) is 34.9 Å². The summed E-state index contributed by atoms with van der Waals surface area (Å²) in [5.74, 6) is 0.951. The monoisotopic (exact) mass is 216 g/mol. The van der Waals surface area contributed by atoms with E-state index in [-0.39, 0.29) is 0 Å². The molecule has 0 aliphatic carbocycles. The number of hydrogen-bond donors (Lipinski definition) is 1. The van der Waals surface area contributed by atoms with Crippen LogP contribution < -0.4 is 0 Å². The summed E-state index contributed by atoms with van der Waals surface area (Å²) in [4.78, 5) is 0. The van der Waals surface area contributed by atoms with Gasteiger partial charge in [0.25, 0.3) is 0 Å². The zero-order chi connectivity index (χ0) is 9.68. The summed E-state index contributed by atoms with van der Waals surface area (Å²) >= 11 is 7.66. The third-order valence-corrected chi connectivity index (χ3v) is 2.85. The maximum Gasteiger partial charge on any atom is 0.0812 e. The molecule has 0 heterocycles. The number of benzene rings is 1. The zero-order valence-electron chi connectivity index (χ0n) is 7.53. The molecule has 0 unspecified atom stereocenters. The molecule has 0 saturated heterocycles. The van der Waals surface area contributed by atoms with Crippen LogP contribution in [0.2, 0.25) is 5.02 Å². The molecule has 1 atom stereocenters. The molecule has 0 aromatic heterocycles.